The van der Waals surface area contributed by atoms with Crippen LogP contribution < -0.4 is 33.2 Å². The Morgan fingerprint density at radius 2 is 1.73 bits per heavy atom. The highest BCUT2D eigenvalue weighted by atomic mass is 32.2. The van der Waals surface area contributed by atoms with E-state index < -0.39 is 55.0 Å². The van der Waals surface area contributed by atoms with E-state index in [1.54, 1.807) is 0 Å². The number of thioether (sulfide) groups is 1. The molecular weight excluding hydrogens is 418 g/mol. The van der Waals surface area contributed by atoms with Gasteiger partial charge in [-0.2, -0.15) is 11.8 Å². The largest absolute Gasteiger partial charge is 0.480 e. The molecule has 0 aromatic carbocycles. The van der Waals surface area contributed by atoms with Crippen molar-refractivity contribution in [3.8, 4) is 0 Å². The van der Waals surface area contributed by atoms with Gasteiger partial charge in [-0.05, 0) is 31.3 Å². The molecule has 11 N–H and O–H groups in total. The number of nitrogens with one attached hydrogen (secondary N) is 3. The molecule has 0 spiro atoms. The monoisotopic (exact) mass is 449 g/mol. The van der Waals surface area contributed by atoms with Crippen LogP contribution in [0, 0.1) is 0 Å². The summed E-state index contributed by atoms with van der Waals surface area (Å²) in [6.45, 7) is -0.873. The summed E-state index contributed by atoms with van der Waals surface area (Å²) in [4.78, 5) is 51.2. The van der Waals surface area contributed by atoms with Gasteiger partial charge in [-0.15, -0.1) is 0 Å². The Morgan fingerprint density at radius 3 is 2.27 bits per heavy atom. The van der Waals surface area contributed by atoms with Gasteiger partial charge in [0.05, 0.1) is 13.2 Å². The summed E-state index contributed by atoms with van der Waals surface area (Å²) < 4.78 is 0. The van der Waals surface area contributed by atoms with Crippen molar-refractivity contribution in [1.82, 2.24) is 16.0 Å². The number of carboxylic acid groups (broad SMARTS) is 1. The van der Waals surface area contributed by atoms with E-state index in [-0.39, 0.29) is 25.3 Å². The Balaban J connectivity index is 4.83. The molecule has 0 bridgehead atoms. The summed E-state index contributed by atoms with van der Waals surface area (Å²) >= 11 is 1.44. The zero-order valence-corrected chi connectivity index (χ0v) is 17.6. The van der Waals surface area contributed by atoms with Gasteiger partial charge in [0.1, 0.15) is 18.1 Å². The third-order valence-electron chi connectivity index (χ3n) is 3.78. The third-order valence-corrected chi connectivity index (χ3v) is 4.42. The fourth-order valence-electron chi connectivity index (χ4n) is 2.16. The molecule has 0 aliphatic heterocycles. The van der Waals surface area contributed by atoms with Gasteiger partial charge in [-0.25, -0.2) is 4.79 Å². The summed E-state index contributed by atoms with van der Waals surface area (Å²) in [6.07, 6.45) is 2.52. The van der Waals surface area contributed by atoms with E-state index in [1.165, 1.54) is 11.8 Å². The number of carbonyl (C=O) groups is 4. The third kappa shape index (κ3) is 12.1. The van der Waals surface area contributed by atoms with Crippen LogP contribution in [-0.2, 0) is 19.2 Å². The number of aliphatic imine (C=N–C) groups is 1. The molecule has 0 fully saturated rings. The van der Waals surface area contributed by atoms with Gasteiger partial charge in [0.2, 0.25) is 17.7 Å². The van der Waals surface area contributed by atoms with Crippen LogP contribution in [0.2, 0.25) is 0 Å². The first-order valence-corrected chi connectivity index (χ1v) is 10.5. The number of aliphatic hydroxyl groups excluding tert-OH is 1. The Kier molecular flexibility index (Phi) is 14.0. The fraction of sp³-hybridized carbons (Fsp3) is 0.688. The van der Waals surface area contributed by atoms with Crippen LogP contribution in [0.4, 0.5) is 0 Å². The predicted molar refractivity (Wildman–Crippen MR) is 112 cm³/mol. The first-order chi connectivity index (χ1) is 14.1. The number of aliphatic carboxylic acids is 1. The molecule has 0 radical (unpaired) electrons. The minimum atomic E-state index is -1.21. The minimum Gasteiger partial charge on any atom is -0.480 e. The lowest BCUT2D eigenvalue weighted by Crippen LogP contribution is -2.54. The molecule has 0 aromatic rings. The van der Waals surface area contributed by atoms with Crippen LogP contribution in [0.15, 0.2) is 4.99 Å². The molecule has 172 valence electrons. The van der Waals surface area contributed by atoms with Crippen molar-refractivity contribution in [2.45, 2.75) is 37.4 Å². The van der Waals surface area contributed by atoms with E-state index in [4.69, 9.17) is 27.4 Å². The SMILES string of the molecule is CSCCC(NC(=O)CNC(=O)C(CCCN=C(N)N)NC(=O)C(N)CO)C(=O)O. The molecule has 3 amide bonds. The molecule has 30 heavy (non-hydrogen) atoms. The second-order valence-corrected chi connectivity index (χ2v) is 7.24. The number of rotatable bonds is 15. The zero-order valence-electron chi connectivity index (χ0n) is 16.8. The lowest BCUT2D eigenvalue weighted by Gasteiger charge is -2.20. The maximum atomic E-state index is 12.4. The van der Waals surface area contributed by atoms with Crippen LogP contribution in [-0.4, -0.2) is 89.7 Å². The van der Waals surface area contributed by atoms with Crippen LogP contribution in [0.25, 0.3) is 0 Å². The first kappa shape index (κ1) is 27.4. The second kappa shape index (κ2) is 15.3. The van der Waals surface area contributed by atoms with Gasteiger partial charge in [-0.3, -0.25) is 19.4 Å². The highest BCUT2D eigenvalue weighted by Gasteiger charge is 2.24. The van der Waals surface area contributed by atoms with E-state index in [0.717, 1.165) is 0 Å². The van der Waals surface area contributed by atoms with E-state index in [2.05, 4.69) is 20.9 Å². The number of amides is 3. The van der Waals surface area contributed by atoms with Crippen molar-refractivity contribution in [3.05, 3.63) is 0 Å². The van der Waals surface area contributed by atoms with Gasteiger partial charge >= 0.3 is 5.97 Å². The molecule has 14 heteroatoms. The summed E-state index contributed by atoms with van der Waals surface area (Å²) in [6, 6.07) is -3.34. The maximum absolute atomic E-state index is 12.4. The second-order valence-electron chi connectivity index (χ2n) is 6.26. The summed E-state index contributed by atoms with van der Waals surface area (Å²) in [5, 5.41) is 25.2. The zero-order chi connectivity index (χ0) is 23.1. The van der Waals surface area contributed by atoms with Crippen LogP contribution >= 0.6 is 11.8 Å². The molecule has 0 saturated heterocycles. The average molecular weight is 450 g/mol. The van der Waals surface area contributed by atoms with E-state index in [0.29, 0.717) is 12.2 Å². The lowest BCUT2D eigenvalue weighted by atomic mass is 10.1. The van der Waals surface area contributed by atoms with E-state index in [9.17, 15) is 19.2 Å². The summed E-state index contributed by atoms with van der Waals surface area (Å²) in [7, 11) is 0. The number of nitrogens with two attached hydrogens (primary N) is 3. The van der Waals surface area contributed by atoms with E-state index >= 15 is 0 Å². The smallest absolute Gasteiger partial charge is 0.326 e. The fourth-order valence-corrected chi connectivity index (χ4v) is 2.63. The molecule has 0 rings (SSSR count). The van der Waals surface area contributed by atoms with Crippen LogP contribution in [0.5, 0.6) is 0 Å². The Morgan fingerprint density at radius 1 is 1.07 bits per heavy atom. The topological polar surface area (TPSA) is 235 Å². The molecule has 3 unspecified atom stereocenters. The van der Waals surface area contributed by atoms with Gasteiger partial charge < -0.3 is 43.4 Å². The molecule has 3 atom stereocenters. The molecule has 13 nitrogen and oxygen atoms in total. The Hall–Kier alpha value is -2.58. The van der Waals surface area contributed by atoms with Crippen molar-refractivity contribution < 1.29 is 29.4 Å². The van der Waals surface area contributed by atoms with Crippen molar-refractivity contribution in [1.29, 1.82) is 0 Å². The first-order valence-electron chi connectivity index (χ1n) is 9.13. The lowest BCUT2D eigenvalue weighted by molar-refractivity contribution is -0.141. The van der Waals surface area contributed by atoms with E-state index in [1.807, 2.05) is 6.26 Å². The Labute approximate surface area is 178 Å². The predicted octanol–water partition coefficient (Wildman–Crippen LogP) is -3.72. The quantitative estimate of drug-likeness (QED) is 0.0691. The average Bonchev–Trinajstić information content (AvgIpc) is 2.70. The maximum Gasteiger partial charge on any atom is 0.326 e. The normalized spacial score (nSPS) is 13.4. The number of hydrogen-bond acceptors (Lipinski definition) is 8. The van der Waals surface area contributed by atoms with Crippen molar-refractivity contribution in [2.75, 3.05) is 31.7 Å². The number of carboxylic acids is 1. The highest BCUT2D eigenvalue weighted by Crippen LogP contribution is 2.02. The van der Waals surface area contributed by atoms with Crippen molar-refractivity contribution >= 4 is 41.4 Å². The standard InChI is InChI=1S/C16H31N7O6S/c1-30-6-4-11(15(28)29)22-12(25)7-21-14(27)10(3-2-5-20-16(18)19)23-13(26)9(17)8-24/h9-11,24H,2-8,17H2,1H3,(H,21,27)(H,22,25)(H,23,26)(H,28,29)(H4,18,19,20). The highest BCUT2D eigenvalue weighted by molar-refractivity contribution is 7.98. The molecule has 0 aliphatic rings. The summed E-state index contributed by atoms with van der Waals surface area (Å²) in [5.41, 5.74) is 15.9. The van der Waals surface area contributed by atoms with Gasteiger partial charge in [0, 0.05) is 6.54 Å². The number of carbonyl (C=O) groups excluding carboxylic acids is 3. The molecule has 0 heterocycles. The molecule has 0 saturated carbocycles. The van der Waals surface area contributed by atoms with Crippen molar-refractivity contribution in [2.24, 2.45) is 22.2 Å². The van der Waals surface area contributed by atoms with Crippen LogP contribution in [0.3, 0.4) is 0 Å². The number of nitrogens with zero attached hydrogens (tertiary/aromatic N) is 1. The molecular formula is C16H31N7O6S. The van der Waals surface area contributed by atoms with Crippen LogP contribution in [0.1, 0.15) is 19.3 Å². The molecule has 0 aromatic heterocycles. The Bertz CT molecular complexity index is 615. The minimum absolute atomic E-state index is 0.117. The number of aliphatic hydroxyl groups is 1. The van der Waals surface area contributed by atoms with Gasteiger partial charge in [0.15, 0.2) is 5.96 Å². The van der Waals surface area contributed by atoms with Gasteiger partial charge in [0.25, 0.3) is 0 Å². The van der Waals surface area contributed by atoms with Gasteiger partial charge in [-0.1, -0.05) is 0 Å². The van der Waals surface area contributed by atoms with Crippen molar-refractivity contribution in [3.63, 3.8) is 0 Å². The molecule has 0 aliphatic carbocycles. The number of hydrogen-bond donors (Lipinski definition) is 8. The summed E-state index contributed by atoms with van der Waals surface area (Å²) in [5.74, 6) is -2.86. The number of guanidine groups is 1.